The van der Waals surface area contributed by atoms with Gasteiger partial charge in [-0.1, -0.05) is 18.0 Å². The Hall–Kier alpha value is -3.59. The van der Waals surface area contributed by atoms with E-state index in [4.69, 9.17) is 14.5 Å². The van der Waals surface area contributed by atoms with Crippen molar-refractivity contribution in [3.63, 3.8) is 0 Å². The standard InChI is InChI=1S/C33H37N3O5S/c1-17-8-10-20(34-29(17)30(38)35-42-7)19-9-11-22(40-6)25(18(19)2)28-26-21(37)14-33(12-13-33)16-24(26)41-23-15-32(3,4)36(5)31(39)27(23)28/h8-11,28H,12-16H2,1-7H3,(H,35,38)/t28-/m1/s1. The molecule has 1 aromatic carbocycles. The van der Waals surface area contributed by atoms with Crippen LogP contribution in [0.5, 0.6) is 5.75 Å². The second kappa shape index (κ2) is 10.0. The highest BCUT2D eigenvalue weighted by molar-refractivity contribution is 7.97. The minimum atomic E-state index is -0.627. The number of likely N-dealkylation sites (N-methyl/N-ethyl adjacent to an activating group) is 1. The highest BCUT2D eigenvalue weighted by Crippen LogP contribution is 2.61. The lowest BCUT2D eigenvalue weighted by atomic mass is 9.69. The predicted molar refractivity (Wildman–Crippen MR) is 162 cm³/mol. The number of amides is 2. The number of carbonyl (C=O) groups excluding carboxylic acids is 3. The molecule has 2 aliphatic heterocycles. The van der Waals surface area contributed by atoms with Crippen LogP contribution in [-0.2, 0) is 14.3 Å². The average Bonchev–Trinajstić information content (AvgIpc) is 3.68. The van der Waals surface area contributed by atoms with Gasteiger partial charge in [-0.2, -0.15) is 0 Å². The fraction of sp³-hybridized carbons (Fsp3) is 0.455. The van der Waals surface area contributed by atoms with E-state index in [0.29, 0.717) is 59.1 Å². The summed E-state index contributed by atoms with van der Waals surface area (Å²) in [7, 11) is 3.42. The van der Waals surface area contributed by atoms with Crippen LogP contribution in [0.25, 0.3) is 11.3 Å². The predicted octanol–water partition coefficient (Wildman–Crippen LogP) is 5.79. The Morgan fingerprint density at radius 1 is 1.07 bits per heavy atom. The number of methoxy groups -OCH3 is 1. The lowest BCUT2D eigenvalue weighted by molar-refractivity contribution is -0.133. The lowest BCUT2D eigenvalue weighted by Crippen LogP contribution is -2.51. The molecule has 9 heteroatoms. The van der Waals surface area contributed by atoms with Gasteiger partial charge in [0.05, 0.1) is 24.3 Å². The summed E-state index contributed by atoms with van der Waals surface area (Å²) in [5, 5.41) is 0. The van der Waals surface area contributed by atoms with Crippen LogP contribution in [0.4, 0.5) is 0 Å². The molecule has 0 saturated heterocycles. The number of hydrogen-bond acceptors (Lipinski definition) is 7. The first-order chi connectivity index (χ1) is 19.9. The van der Waals surface area contributed by atoms with Crippen LogP contribution >= 0.6 is 11.9 Å². The highest BCUT2D eigenvalue weighted by atomic mass is 32.2. The molecule has 42 heavy (non-hydrogen) atoms. The number of nitrogens with one attached hydrogen (secondary N) is 1. The first-order valence-electron chi connectivity index (χ1n) is 14.4. The Balaban J connectivity index is 1.58. The van der Waals surface area contributed by atoms with Gasteiger partial charge in [0.15, 0.2) is 5.78 Å². The maximum Gasteiger partial charge on any atom is 0.279 e. The maximum absolute atomic E-state index is 14.1. The number of aryl methyl sites for hydroxylation is 1. The van der Waals surface area contributed by atoms with Gasteiger partial charge in [-0.15, -0.1) is 0 Å². The quantitative estimate of drug-likeness (QED) is 0.443. The number of benzene rings is 1. The smallest absolute Gasteiger partial charge is 0.279 e. The van der Waals surface area contributed by atoms with Crippen LogP contribution < -0.4 is 9.46 Å². The number of ketones is 1. The van der Waals surface area contributed by atoms with Gasteiger partial charge in [0.25, 0.3) is 11.8 Å². The number of hydrogen-bond donors (Lipinski definition) is 1. The highest BCUT2D eigenvalue weighted by Gasteiger charge is 2.55. The van der Waals surface area contributed by atoms with E-state index in [1.54, 1.807) is 18.3 Å². The Kier molecular flexibility index (Phi) is 6.79. The van der Waals surface area contributed by atoms with Crippen LogP contribution in [0.2, 0.25) is 0 Å². The topological polar surface area (TPSA) is 97.8 Å². The molecule has 1 spiro atoms. The zero-order valence-electron chi connectivity index (χ0n) is 25.3. The molecule has 4 aliphatic rings. The molecule has 0 radical (unpaired) electrons. The lowest BCUT2D eigenvalue weighted by Gasteiger charge is -2.46. The number of allylic oxidation sites excluding steroid dienone is 2. The van der Waals surface area contributed by atoms with Crippen LogP contribution in [0.3, 0.4) is 0 Å². The molecule has 8 nitrogen and oxygen atoms in total. The van der Waals surface area contributed by atoms with E-state index in [0.717, 1.165) is 35.1 Å². The minimum Gasteiger partial charge on any atom is -0.496 e. The molecule has 1 N–H and O–H groups in total. The molecule has 0 bridgehead atoms. The van der Waals surface area contributed by atoms with Crippen LogP contribution in [0.1, 0.15) is 79.0 Å². The normalized spacial score (nSPS) is 22.1. The van der Waals surface area contributed by atoms with Gasteiger partial charge in [0.1, 0.15) is 23.0 Å². The van der Waals surface area contributed by atoms with Gasteiger partial charge >= 0.3 is 0 Å². The number of ether oxygens (including phenoxy) is 2. The van der Waals surface area contributed by atoms with Gasteiger partial charge in [-0.3, -0.25) is 19.1 Å². The van der Waals surface area contributed by atoms with Crippen molar-refractivity contribution in [2.24, 2.45) is 5.41 Å². The molecule has 220 valence electrons. The summed E-state index contributed by atoms with van der Waals surface area (Å²) in [5.74, 6) is 0.955. The molecule has 1 atom stereocenters. The number of rotatable bonds is 5. The second-order valence-corrected chi connectivity index (χ2v) is 13.3. The molecule has 2 amide bonds. The summed E-state index contributed by atoms with van der Waals surface area (Å²) in [6.07, 6.45) is 5.56. The molecule has 2 aromatic rings. The van der Waals surface area contributed by atoms with Crippen molar-refractivity contribution in [2.75, 3.05) is 20.4 Å². The summed E-state index contributed by atoms with van der Waals surface area (Å²) in [6, 6.07) is 7.58. The molecular formula is C33H37N3O5S. The first kappa shape index (κ1) is 28.5. The van der Waals surface area contributed by atoms with E-state index in [1.165, 1.54) is 11.9 Å². The monoisotopic (exact) mass is 587 g/mol. The van der Waals surface area contributed by atoms with Gasteiger partial charge in [0, 0.05) is 54.8 Å². The summed E-state index contributed by atoms with van der Waals surface area (Å²) in [6.45, 7) is 7.90. The summed E-state index contributed by atoms with van der Waals surface area (Å²) in [4.78, 5) is 47.3. The molecule has 3 heterocycles. The van der Waals surface area contributed by atoms with Crippen molar-refractivity contribution in [2.45, 2.75) is 71.3 Å². The molecule has 0 unspecified atom stereocenters. The molecule has 1 saturated carbocycles. The SMILES string of the molecule is COc1ccc(-c2ccc(C)c(C(=O)NSC)n2)c(C)c1[C@@H]1C2=C(CC3(CC3)CC2=O)OC2=C1C(=O)N(C)C(C)(C)C2. The van der Waals surface area contributed by atoms with Gasteiger partial charge in [0.2, 0.25) is 0 Å². The van der Waals surface area contributed by atoms with Crippen molar-refractivity contribution < 1.29 is 23.9 Å². The van der Waals surface area contributed by atoms with E-state index in [2.05, 4.69) is 4.72 Å². The third-order valence-corrected chi connectivity index (χ3v) is 9.95. The van der Waals surface area contributed by atoms with Gasteiger partial charge in [-0.05, 0) is 75.3 Å². The summed E-state index contributed by atoms with van der Waals surface area (Å²) >= 11 is 1.22. The third-order valence-electron chi connectivity index (χ3n) is 9.56. The number of carbonyl (C=O) groups is 3. The Bertz CT molecular complexity index is 1620. The van der Waals surface area contributed by atoms with E-state index in [9.17, 15) is 14.4 Å². The first-order valence-corrected chi connectivity index (χ1v) is 15.6. The average molecular weight is 588 g/mol. The molecule has 6 rings (SSSR count). The maximum atomic E-state index is 14.1. The van der Waals surface area contributed by atoms with Gasteiger partial charge < -0.3 is 14.4 Å². The zero-order chi connectivity index (χ0) is 30.1. The minimum absolute atomic E-state index is 0.00986. The van der Waals surface area contributed by atoms with Crippen LogP contribution in [-0.4, -0.2) is 53.4 Å². The number of Topliss-reactive ketones (excluding diaryl/α,β-unsaturated/α-hetero) is 1. The fourth-order valence-corrected chi connectivity index (χ4v) is 7.02. The summed E-state index contributed by atoms with van der Waals surface area (Å²) < 4.78 is 15.2. The zero-order valence-corrected chi connectivity index (χ0v) is 26.1. The third kappa shape index (κ3) is 4.44. The van der Waals surface area contributed by atoms with E-state index >= 15 is 0 Å². The van der Waals surface area contributed by atoms with E-state index in [1.807, 2.05) is 59.0 Å². The van der Waals surface area contributed by atoms with E-state index in [-0.39, 0.29) is 23.0 Å². The van der Waals surface area contributed by atoms with E-state index < -0.39 is 11.5 Å². The summed E-state index contributed by atoms with van der Waals surface area (Å²) in [5.41, 5.74) is 4.79. The Labute approximate surface area is 251 Å². The van der Waals surface area contributed by atoms with Crippen molar-refractivity contribution in [3.05, 3.63) is 69.3 Å². The largest absolute Gasteiger partial charge is 0.496 e. The van der Waals surface area contributed by atoms with Crippen molar-refractivity contribution >= 4 is 29.5 Å². The Morgan fingerprint density at radius 2 is 1.79 bits per heavy atom. The molecule has 2 aliphatic carbocycles. The molecule has 1 fully saturated rings. The van der Waals surface area contributed by atoms with Crippen LogP contribution in [0.15, 0.2) is 46.9 Å². The van der Waals surface area contributed by atoms with Crippen molar-refractivity contribution in [1.82, 2.24) is 14.6 Å². The fourth-order valence-electron chi connectivity index (χ4n) is 6.74. The van der Waals surface area contributed by atoms with Gasteiger partial charge in [-0.25, -0.2) is 4.98 Å². The number of nitrogens with zero attached hydrogens (tertiary/aromatic N) is 2. The Morgan fingerprint density at radius 3 is 2.45 bits per heavy atom. The number of aromatic nitrogens is 1. The number of pyridine rings is 1. The molecular weight excluding hydrogens is 550 g/mol. The van der Waals surface area contributed by atoms with Crippen LogP contribution in [0, 0.1) is 19.3 Å². The van der Waals surface area contributed by atoms with Crippen molar-refractivity contribution in [1.29, 1.82) is 0 Å². The molecule has 1 aromatic heterocycles. The second-order valence-electron chi connectivity index (χ2n) is 12.7. The van der Waals surface area contributed by atoms with Crippen molar-refractivity contribution in [3.8, 4) is 17.0 Å².